The monoisotopic (exact) mass is 196 g/mol. The van der Waals surface area contributed by atoms with Crippen LogP contribution in [0.25, 0.3) is 10.8 Å². The minimum absolute atomic E-state index is 0.972. The lowest BCUT2D eigenvalue weighted by Gasteiger charge is -1.90. The van der Waals surface area contributed by atoms with Gasteiger partial charge in [-0.2, -0.15) is 15.5 Å². The number of hydrogen-bond acceptors (Lipinski definition) is 4. The van der Waals surface area contributed by atoms with Gasteiger partial charge in [0, 0.05) is 10.8 Å². The molecule has 0 aliphatic rings. The number of aromatic nitrogens is 2. The van der Waals surface area contributed by atoms with Crippen molar-refractivity contribution in [3.05, 3.63) is 42.7 Å². The Hall–Kier alpha value is -2.50. The van der Waals surface area contributed by atoms with Gasteiger partial charge in [0.15, 0.2) is 0 Å². The van der Waals surface area contributed by atoms with Crippen molar-refractivity contribution >= 4 is 16.6 Å². The molecule has 0 bridgehead atoms. The van der Waals surface area contributed by atoms with Crippen molar-refractivity contribution in [2.24, 2.45) is 0 Å². The fourth-order valence-electron chi connectivity index (χ4n) is 0.969. The van der Waals surface area contributed by atoms with E-state index < -0.39 is 0 Å². The minimum atomic E-state index is 0.972. The van der Waals surface area contributed by atoms with Crippen LogP contribution in [0.3, 0.4) is 0 Å². The third kappa shape index (κ3) is 3.39. The predicted molar refractivity (Wildman–Crippen MR) is 57.4 cm³/mol. The highest BCUT2D eigenvalue weighted by Crippen LogP contribution is 2.08. The van der Waals surface area contributed by atoms with Gasteiger partial charge in [-0.15, -0.1) is 0 Å². The molecule has 0 amide bonds. The quantitative estimate of drug-likeness (QED) is 0.517. The van der Waals surface area contributed by atoms with Crippen molar-refractivity contribution < 1.29 is 0 Å². The van der Waals surface area contributed by atoms with Crippen LogP contribution in [0.5, 0.6) is 0 Å². The fraction of sp³-hybridized carbons (Fsp3) is 0. The summed E-state index contributed by atoms with van der Waals surface area (Å²) in [6.07, 6.45) is 4.49. The first kappa shape index (κ1) is 10.6. The van der Waals surface area contributed by atoms with Crippen molar-refractivity contribution in [3.8, 4) is 6.07 Å². The average molecular weight is 196 g/mol. The Bertz CT molecular complexity index is 456. The van der Waals surface area contributed by atoms with Crippen LogP contribution in [0.1, 0.15) is 0 Å². The molecule has 2 rings (SSSR count). The average Bonchev–Trinajstić information content (AvgIpc) is 2.31. The summed E-state index contributed by atoms with van der Waals surface area (Å²) in [5.74, 6) is 1.78. The third-order valence-electron chi connectivity index (χ3n) is 1.59. The highest BCUT2D eigenvalue weighted by atomic mass is 15.1. The lowest BCUT2D eigenvalue weighted by molar-refractivity contribution is 1.05. The van der Waals surface area contributed by atoms with Gasteiger partial charge in [-0.1, -0.05) is 24.3 Å². The molecule has 0 atom stereocenters. The molecule has 0 saturated carbocycles. The van der Waals surface area contributed by atoms with Crippen LogP contribution in [0.4, 0.5) is 0 Å². The van der Waals surface area contributed by atoms with E-state index in [0.29, 0.717) is 0 Å². The second-order valence-electron chi connectivity index (χ2n) is 2.54. The van der Waals surface area contributed by atoms with E-state index in [1.165, 1.54) is 0 Å². The number of fused-ring (bicyclic) bond motifs is 1. The molecule has 15 heavy (non-hydrogen) atoms. The number of nitrogens with one attached hydrogen (secondary N) is 1. The Morgan fingerprint density at radius 1 is 1.13 bits per heavy atom. The van der Waals surface area contributed by atoms with Gasteiger partial charge in [-0.25, -0.2) is 0 Å². The predicted octanol–water partition coefficient (Wildman–Crippen LogP) is 1.94. The lowest BCUT2D eigenvalue weighted by Crippen LogP contribution is -1.77. The summed E-state index contributed by atoms with van der Waals surface area (Å²) in [4.78, 5) is 0. The SMILES string of the molecule is N#CC=C=N.c1ccc2cnncc2c1. The molecule has 1 N–H and O–H groups in total. The van der Waals surface area contributed by atoms with Crippen molar-refractivity contribution in [1.29, 1.82) is 10.7 Å². The number of nitrogens with zero attached hydrogens (tertiary/aromatic N) is 3. The number of rotatable bonds is 0. The highest BCUT2D eigenvalue weighted by molar-refractivity contribution is 5.80. The summed E-state index contributed by atoms with van der Waals surface area (Å²) in [6, 6.07) is 9.61. The van der Waals surface area contributed by atoms with Gasteiger partial charge in [-0.3, -0.25) is 5.41 Å². The summed E-state index contributed by atoms with van der Waals surface area (Å²) in [5, 5.41) is 23.5. The van der Waals surface area contributed by atoms with E-state index in [0.717, 1.165) is 16.8 Å². The lowest BCUT2D eigenvalue weighted by atomic mass is 10.2. The number of allylic oxidation sites excluding steroid dienone is 1. The summed E-state index contributed by atoms with van der Waals surface area (Å²) in [5.41, 5.74) is 0. The largest absolute Gasteiger partial charge is 0.258 e. The van der Waals surface area contributed by atoms with E-state index in [1.54, 1.807) is 24.3 Å². The Labute approximate surface area is 87.0 Å². The molecular formula is C11H8N4. The minimum Gasteiger partial charge on any atom is -0.258 e. The van der Waals surface area contributed by atoms with Crippen molar-refractivity contribution in [2.75, 3.05) is 0 Å². The van der Waals surface area contributed by atoms with Gasteiger partial charge >= 0.3 is 0 Å². The first-order valence-electron chi connectivity index (χ1n) is 4.17. The van der Waals surface area contributed by atoms with Gasteiger partial charge < -0.3 is 0 Å². The molecule has 72 valence electrons. The standard InChI is InChI=1S/C8H6N2.C3H2N2/c1-2-4-8-6-10-9-5-7(8)3-1;4-2-1-3-5/h1-6H;1,4H. The molecule has 0 aliphatic heterocycles. The Morgan fingerprint density at radius 2 is 1.67 bits per heavy atom. The van der Waals surface area contributed by atoms with Gasteiger partial charge in [0.25, 0.3) is 0 Å². The maximum absolute atomic E-state index is 7.58. The summed E-state index contributed by atoms with van der Waals surface area (Å²) >= 11 is 0. The molecule has 1 aromatic heterocycles. The van der Waals surface area contributed by atoms with Crippen molar-refractivity contribution in [1.82, 2.24) is 10.2 Å². The van der Waals surface area contributed by atoms with Crippen LogP contribution < -0.4 is 0 Å². The molecule has 2 aromatic rings. The zero-order valence-corrected chi connectivity index (χ0v) is 7.88. The Morgan fingerprint density at radius 3 is 2.00 bits per heavy atom. The number of benzene rings is 1. The second-order valence-corrected chi connectivity index (χ2v) is 2.54. The van der Waals surface area contributed by atoms with Crippen LogP contribution in [0, 0.1) is 16.7 Å². The van der Waals surface area contributed by atoms with E-state index in [1.807, 2.05) is 24.3 Å². The van der Waals surface area contributed by atoms with E-state index in [9.17, 15) is 0 Å². The van der Waals surface area contributed by atoms with Gasteiger partial charge in [0.1, 0.15) is 6.07 Å². The molecule has 0 unspecified atom stereocenters. The second kappa shape index (κ2) is 6.03. The summed E-state index contributed by atoms with van der Waals surface area (Å²) in [6.45, 7) is 0. The molecular weight excluding hydrogens is 188 g/mol. The van der Waals surface area contributed by atoms with Crippen molar-refractivity contribution in [2.45, 2.75) is 0 Å². The van der Waals surface area contributed by atoms with Crippen molar-refractivity contribution in [3.63, 3.8) is 0 Å². The van der Waals surface area contributed by atoms with Crippen LogP contribution in [-0.4, -0.2) is 16.1 Å². The third-order valence-corrected chi connectivity index (χ3v) is 1.59. The van der Waals surface area contributed by atoms with Gasteiger partial charge in [0.2, 0.25) is 0 Å². The van der Waals surface area contributed by atoms with E-state index in [4.69, 9.17) is 10.7 Å². The molecule has 0 spiro atoms. The zero-order chi connectivity index (χ0) is 10.9. The highest BCUT2D eigenvalue weighted by Gasteiger charge is 1.87. The maximum Gasteiger partial charge on any atom is 0.101 e. The first-order valence-corrected chi connectivity index (χ1v) is 4.17. The molecule has 4 heteroatoms. The topological polar surface area (TPSA) is 73.4 Å². The zero-order valence-electron chi connectivity index (χ0n) is 7.88. The smallest absolute Gasteiger partial charge is 0.101 e. The van der Waals surface area contributed by atoms with E-state index in [2.05, 4.69) is 10.2 Å². The maximum atomic E-state index is 7.58. The molecule has 0 fully saturated rings. The molecule has 0 aliphatic carbocycles. The molecule has 1 heterocycles. The van der Waals surface area contributed by atoms with Crippen LogP contribution >= 0.6 is 0 Å². The first-order chi connectivity index (χ1) is 7.38. The van der Waals surface area contributed by atoms with Crippen LogP contribution in [0.15, 0.2) is 42.7 Å². The normalized spacial score (nSPS) is 7.93. The van der Waals surface area contributed by atoms with Gasteiger partial charge in [0.05, 0.1) is 18.5 Å². The molecule has 4 nitrogen and oxygen atoms in total. The molecule has 0 saturated heterocycles. The summed E-state index contributed by atoms with van der Waals surface area (Å²) in [7, 11) is 0. The van der Waals surface area contributed by atoms with E-state index in [-0.39, 0.29) is 0 Å². The number of hydrogen-bond donors (Lipinski definition) is 1. The van der Waals surface area contributed by atoms with Crippen LogP contribution in [0.2, 0.25) is 0 Å². The summed E-state index contributed by atoms with van der Waals surface area (Å²) < 4.78 is 0. The molecule has 0 radical (unpaired) electrons. The fourth-order valence-corrected chi connectivity index (χ4v) is 0.969. The Kier molecular flexibility index (Phi) is 4.25. The van der Waals surface area contributed by atoms with Crippen LogP contribution in [-0.2, 0) is 0 Å². The number of nitriles is 1. The van der Waals surface area contributed by atoms with E-state index >= 15 is 0 Å². The molecule has 1 aromatic carbocycles. The van der Waals surface area contributed by atoms with Gasteiger partial charge in [-0.05, 0) is 5.87 Å². The Balaban J connectivity index is 0.000000195.